The van der Waals surface area contributed by atoms with Crippen LogP contribution in [0.25, 0.3) is 0 Å². The third-order valence-corrected chi connectivity index (χ3v) is 11.8. The number of hydrogen-bond acceptors (Lipinski definition) is 7. The maximum Gasteiger partial charge on any atom is 0.0827 e. The molecule has 7 N–H and O–H groups in total. The number of rotatable bonds is 32. The second kappa shape index (κ2) is 24.7. The zero-order valence-electron chi connectivity index (χ0n) is 37.2. The monoisotopic (exact) mass is 767 g/mol. The molecule has 0 rings (SSSR count). The van der Waals surface area contributed by atoms with E-state index >= 15 is 0 Å². The summed E-state index contributed by atoms with van der Waals surface area (Å²) in [4.78, 5) is 0. The van der Waals surface area contributed by atoms with Crippen molar-refractivity contribution in [1.82, 2.24) is 0 Å². The Balaban J connectivity index is 4.40. The molecule has 7 unspecified atom stereocenters. The fourth-order valence-electron chi connectivity index (χ4n) is 7.78. The van der Waals surface area contributed by atoms with Crippen LogP contribution in [0.1, 0.15) is 224 Å². The molecule has 0 heterocycles. The summed E-state index contributed by atoms with van der Waals surface area (Å²) in [5.74, 6) is 0. The lowest BCUT2D eigenvalue weighted by Crippen LogP contribution is -2.31. The van der Waals surface area contributed by atoms with Crippen molar-refractivity contribution >= 4 is 0 Å². The summed E-state index contributed by atoms with van der Waals surface area (Å²) in [7, 11) is 0. The maximum absolute atomic E-state index is 11.1. The fraction of sp³-hybridized carbons (Fsp3) is 0.872. The Kier molecular flexibility index (Phi) is 24.2. The van der Waals surface area contributed by atoms with Gasteiger partial charge in [-0.25, -0.2) is 0 Å². The van der Waals surface area contributed by atoms with Gasteiger partial charge in [-0.05, 0) is 217 Å². The summed E-state index contributed by atoms with van der Waals surface area (Å²) in [5.41, 5.74) is -3.12. The molecule has 0 aliphatic carbocycles. The van der Waals surface area contributed by atoms with Gasteiger partial charge >= 0.3 is 0 Å². The third-order valence-electron chi connectivity index (χ3n) is 11.8. The van der Waals surface area contributed by atoms with E-state index in [-0.39, 0.29) is 0 Å². The molecule has 7 heteroatoms. The molecule has 0 aromatic heterocycles. The predicted octanol–water partition coefficient (Wildman–Crippen LogP) is 10.7. The van der Waals surface area contributed by atoms with Gasteiger partial charge in [0, 0.05) is 0 Å². The quantitative estimate of drug-likeness (QED) is 0.0338. The van der Waals surface area contributed by atoms with E-state index < -0.39 is 39.2 Å². The average molecular weight is 767 g/mol. The van der Waals surface area contributed by atoms with Gasteiger partial charge in [0.1, 0.15) is 0 Å². The van der Waals surface area contributed by atoms with Crippen LogP contribution in [0.2, 0.25) is 0 Å². The van der Waals surface area contributed by atoms with Crippen LogP contribution in [-0.4, -0.2) is 75.0 Å². The lowest BCUT2D eigenvalue weighted by atomic mass is 9.83. The maximum atomic E-state index is 11.1. The Bertz CT molecular complexity index is 1090. The van der Waals surface area contributed by atoms with Gasteiger partial charge in [-0.1, -0.05) is 42.4 Å². The van der Waals surface area contributed by atoms with Crippen molar-refractivity contribution in [2.24, 2.45) is 0 Å². The summed E-state index contributed by atoms with van der Waals surface area (Å²) >= 11 is 0. The molecular weight excluding hydrogens is 677 g/mol. The van der Waals surface area contributed by atoms with Gasteiger partial charge in [-0.2, -0.15) is 0 Å². The van der Waals surface area contributed by atoms with Gasteiger partial charge in [0.15, 0.2) is 0 Å². The first-order valence-corrected chi connectivity index (χ1v) is 21.7. The molecule has 0 aliphatic heterocycles. The molecule has 0 saturated carbocycles. The summed E-state index contributed by atoms with van der Waals surface area (Å²) in [6, 6.07) is 0. The fourth-order valence-corrected chi connectivity index (χ4v) is 7.78. The number of allylic oxidation sites excluding steroid dienone is 5. The highest BCUT2D eigenvalue weighted by molar-refractivity contribution is 5.03. The van der Waals surface area contributed by atoms with Crippen LogP contribution in [0.5, 0.6) is 0 Å². The molecule has 7 nitrogen and oxygen atoms in total. The van der Waals surface area contributed by atoms with Gasteiger partial charge in [0.2, 0.25) is 0 Å². The minimum Gasteiger partial charge on any atom is -0.390 e. The molecule has 0 spiro atoms. The first-order valence-electron chi connectivity index (χ1n) is 21.7. The Hall–Kier alpha value is -1.06. The van der Waals surface area contributed by atoms with E-state index in [2.05, 4.69) is 32.9 Å². The van der Waals surface area contributed by atoms with Crippen molar-refractivity contribution < 1.29 is 35.7 Å². The highest BCUT2D eigenvalue weighted by atomic mass is 16.3. The Morgan fingerprint density at radius 1 is 0.426 bits per heavy atom. The molecule has 0 radical (unpaired) electrons. The first-order chi connectivity index (χ1) is 24.7. The number of aliphatic hydroxyl groups is 7. The van der Waals surface area contributed by atoms with Crippen LogP contribution in [0.15, 0.2) is 35.5 Å². The minimum atomic E-state index is -0.872. The van der Waals surface area contributed by atoms with Gasteiger partial charge in [0.05, 0.1) is 39.2 Å². The van der Waals surface area contributed by atoms with E-state index in [1.54, 1.807) is 0 Å². The highest BCUT2D eigenvalue weighted by Gasteiger charge is 2.29. The molecular formula is C47H90O7. The van der Waals surface area contributed by atoms with Crippen molar-refractivity contribution in [1.29, 1.82) is 0 Å². The molecule has 0 amide bonds. The van der Waals surface area contributed by atoms with Crippen LogP contribution < -0.4 is 0 Å². The predicted molar refractivity (Wildman–Crippen MR) is 229 cm³/mol. The van der Waals surface area contributed by atoms with Gasteiger partial charge in [-0.15, -0.1) is 0 Å². The van der Waals surface area contributed by atoms with Crippen molar-refractivity contribution in [2.75, 3.05) is 0 Å². The van der Waals surface area contributed by atoms with Crippen LogP contribution >= 0.6 is 0 Å². The second-order valence-corrected chi connectivity index (χ2v) is 19.5. The zero-order valence-corrected chi connectivity index (χ0v) is 37.2. The van der Waals surface area contributed by atoms with E-state index in [1.165, 1.54) is 11.1 Å². The normalized spacial score (nSPS) is 20.6. The molecule has 54 heavy (non-hydrogen) atoms. The van der Waals surface area contributed by atoms with Crippen LogP contribution in [0.4, 0.5) is 0 Å². The Morgan fingerprint density at radius 3 is 1.02 bits per heavy atom. The van der Waals surface area contributed by atoms with Crippen LogP contribution in [-0.2, 0) is 0 Å². The standard InChI is InChI=1S/C47H90O7/c1-12-25-47(54,13-2)38-16-24-40(5)23-15-27-42(7,49)29-18-31-44(9,51)33-20-35-46(11,53)37-21-36-45(10,52)34-19-32-43(8,50)30-17-28-41(6,48)26-14-22-39(3)4/h12,22,24-25,48-54H,13-21,23,26-38H2,1-11H3/b25-12+,40-24+. The van der Waals surface area contributed by atoms with Crippen molar-refractivity contribution in [3.8, 4) is 0 Å². The third kappa shape index (κ3) is 28.4. The molecule has 0 bridgehead atoms. The molecule has 7 atom stereocenters. The van der Waals surface area contributed by atoms with E-state index in [0.29, 0.717) is 109 Å². The molecule has 0 fully saturated rings. The van der Waals surface area contributed by atoms with E-state index in [9.17, 15) is 35.7 Å². The van der Waals surface area contributed by atoms with Gasteiger partial charge < -0.3 is 35.7 Å². The smallest absolute Gasteiger partial charge is 0.0827 e. The Morgan fingerprint density at radius 2 is 0.722 bits per heavy atom. The summed E-state index contributed by atoms with van der Waals surface area (Å²) in [5, 5.41) is 76.3. The zero-order chi connectivity index (χ0) is 41.7. The molecule has 0 aromatic carbocycles. The summed E-state index contributed by atoms with van der Waals surface area (Å²) < 4.78 is 0. The van der Waals surface area contributed by atoms with Gasteiger partial charge in [-0.3, -0.25) is 0 Å². The first kappa shape index (κ1) is 52.9. The molecule has 0 aliphatic rings. The summed E-state index contributed by atoms with van der Waals surface area (Å²) in [6.07, 6.45) is 24.1. The van der Waals surface area contributed by atoms with E-state index in [4.69, 9.17) is 0 Å². The van der Waals surface area contributed by atoms with Crippen LogP contribution in [0.3, 0.4) is 0 Å². The molecule has 0 saturated heterocycles. The molecule has 320 valence electrons. The largest absolute Gasteiger partial charge is 0.390 e. The molecule has 0 aromatic rings. The van der Waals surface area contributed by atoms with E-state index in [0.717, 1.165) is 38.5 Å². The second-order valence-electron chi connectivity index (χ2n) is 19.5. The van der Waals surface area contributed by atoms with Crippen molar-refractivity contribution in [3.05, 3.63) is 35.5 Å². The van der Waals surface area contributed by atoms with Gasteiger partial charge in [0.25, 0.3) is 0 Å². The van der Waals surface area contributed by atoms with Crippen molar-refractivity contribution in [3.63, 3.8) is 0 Å². The lowest BCUT2D eigenvalue weighted by molar-refractivity contribution is -0.00729. The van der Waals surface area contributed by atoms with E-state index in [1.807, 2.05) is 67.5 Å². The minimum absolute atomic E-state index is 0.575. The Labute approximate surface area is 333 Å². The number of hydrogen-bond donors (Lipinski definition) is 7. The highest BCUT2D eigenvalue weighted by Crippen LogP contribution is 2.32. The summed E-state index contributed by atoms with van der Waals surface area (Å²) in [6.45, 7) is 21.3. The lowest BCUT2D eigenvalue weighted by Gasteiger charge is -2.30. The topological polar surface area (TPSA) is 142 Å². The SMILES string of the molecule is C/C=C/C(O)(CC)CC/C=C(\C)CCCC(C)(O)CCCC(C)(O)CCCC(C)(O)CCCC(C)(O)CCCC(C)(O)CCCC(C)(O)CCC=C(C)C. The average Bonchev–Trinajstić information content (AvgIpc) is 2.99. The van der Waals surface area contributed by atoms with Crippen LogP contribution in [0, 0.1) is 0 Å². The van der Waals surface area contributed by atoms with Crippen molar-refractivity contribution in [2.45, 2.75) is 263 Å².